The first-order valence-electron chi connectivity index (χ1n) is 10.3. The van der Waals surface area contributed by atoms with Crippen LogP contribution in [-0.2, 0) is 22.4 Å². The summed E-state index contributed by atoms with van der Waals surface area (Å²) >= 11 is 17.5. The van der Waals surface area contributed by atoms with Gasteiger partial charge >= 0.3 is 6.03 Å². The van der Waals surface area contributed by atoms with Crippen molar-refractivity contribution in [3.05, 3.63) is 68.2 Å². The molecular weight excluding hydrogens is 535 g/mol. The molecule has 1 heterocycles. The highest BCUT2D eigenvalue weighted by Gasteiger charge is 2.46. The van der Waals surface area contributed by atoms with Crippen molar-refractivity contribution in [1.82, 2.24) is 9.80 Å². The van der Waals surface area contributed by atoms with E-state index in [4.69, 9.17) is 34.8 Å². The standard InChI is InChI=1S/C23H19Cl3F4N2O3/c1-13-6-14(2-4-16(13)24)9-22(27,28)11-31-19(33)8-20(34)32(21(31)35)12-23(29,30)10-15-3-5-17(25)18(26)7-15/h2-7H,8-12H2,1H3. The number of urea groups is 1. The van der Waals surface area contributed by atoms with Crippen molar-refractivity contribution >= 4 is 52.6 Å². The number of imide groups is 2. The second-order valence-electron chi connectivity index (χ2n) is 8.32. The molecule has 0 radical (unpaired) electrons. The van der Waals surface area contributed by atoms with Crippen LogP contribution < -0.4 is 0 Å². The Morgan fingerprint density at radius 1 is 0.743 bits per heavy atom. The van der Waals surface area contributed by atoms with Crippen molar-refractivity contribution in [2.75, 3.05) is 13.1 Å². The van der Waals surface area contributed by atoms with Gasteiger partial charge in [0.25, 0.3) is 11.8 Å². The van der Waals surface area contributed by atoms with Gasteiger partial charge in [0.15, 0.2) is 0 Å². The van der Waals surface area contributed by atoms with Crippen LogP contribution in [0.2, 0.25) is 15.1 Å². The number of benzene rings is 2. The molecule has 0 aliphatic carbocycles. The van der Waals surface area contributed by atoms with Gasteiger partial charge in [-0.1, -0.05) is 53.0 Å². The predicted molar refractivity (Wildman–Crippen MR) is 123 cm³/mol. The molecule has 0 N–H and O–H groups in total. The summed E-state index contributed by atoms with van der Waals surface area (Å²) < 4.78 is 58.9. The molecule has 3 rings (SSSR count). The molecule has 0 atom stereocenters. The first-order chi connectivity index (χ1) is 16.2. The lowest BCUT2D eigenvalue weighted by Gasteiger charge is -2.36. The Balaban J connectivity index is 1.73. The fourth-order valence-corrected chi connectivity index (χ4v) is 4.07. The number of aryl methyl sites for hydroxylation is 1. The molecule has 0 unspecified atom stereocenters. The van der Waals surface area contributed by atoms with Crippen molar-refractivity contribution in [3.63, 3.8) is 0 Å². The van der Waals surface area contributed by atoms with E-state index in [2.05, 4.69) is 0 Å². The zero-order valence-corrected chi connectivity index (χ0v) is 20.5. The third kappa shape index (κ3) is 6.86. The Labute approximate surface area is 213 Å². The minimum atomic E-state index is -3.63. The summed E-state index contributed by atoms with van der Waals surface area (Å²) in [5.41, 5.74) is 0.847. The maximum atomic E-state index is 14.7. The molecule has 1 saturated heterocycles. The highest BCUT2D eigenvalue weighted by Crippen LogP contribution is 2.30. The molecule has 188 valence electrons. The zero-order valence-electron chi connectivity index (χ0n) is 18.3. The van der Waals surface area contributed by atoms with E-state index in [-0.39, 0.29) is 31.0 Å². The molecule has 1 aliphatic heterocycles. The maximum Gasteiger partial charge on any atom is 0.333 e. The second-order valence-corrected chi connectivity index (χ2v) is 9.54. The summed E-state index contributed by atoms with van der Waals surface area (Å²) in [5.74, 6) is -9.59. The second kappa shape index (κ2) is 10.3. The average Bonchev–Trinajstić information content (AvgIpc) is 2.73. The van der Waals surface area contributed by atoms with Gasteiger partial charge in [0, 0.05) is 17.9 Å². The number of barbiturate groups is 1. The summed E-state index contributed by atoms with van der Waals surface area (Å²) in [6, 6.07) is 6.57. The molecule has 1 aliphatic rings. The van der Waals surface area contributed by atoms with Crippen LogP contribution in [0.5, 0.6) is 0 Å². The van der Waals surface area contributed by atoms with Crippen LogP contribution in [0.1, 0.15) is 23.1 Å². The van der Waals surface area contributed by atoms with Crippen LogP contribution in [0.3, 0.4) is 0 Å². The van der Waals surface area contributed by atoms with Gasteiger partial charge in [-0.2, -0.15) is 0 Å². The molecular formula is C23H19Cl3F4N2O3. The Morgan fingerprint density at radius 3 is 1.66 bits per heavy atom. The van der Waals surface area contributed by atoms with Crippen molar-refractivity contribution in [3.8, 4) is 0 Å². The van der Waals surface area contributed by atoms with Gasteiger partial charge in [-0.05, 0) is 41.8 Å². The van der Waals surface area contributed by atoms with E-state index < -0.39 is 62.0 Å². The van der Waals surface area contributed by atoms with E-state index in [1.165, 1.54) is 36.4 Å². The monoisotopic (exact) mass is 552 g/mol. The van der Waals surface area contributed by atoms with Crippen molar-refractivity contribution in [2.24, 2.45) is 0 Å². The van der Waals surface area contributed by atoms with Crippen LogP contribution in [0.15, 0.2) is 36.4 Å². The predicted octanol–water partition coefficient (Wildman–Crippen LogP) is 6.19. The Morgan fingerprint density at radius 2 is 1.20 bits per heavy atom. The third-order valence-electron chi connectivity index (χ3n) is 5.28. The van der Waals surface area contributed by atoms with Crippen LogP contribution in [0.25, 0.3) is 0 Å². The van der Waals surface area contributed by atoms with Crippen molar-refractivity contribution in [2.45, 2.75) is 38.0 Å². The van der Waals surface area contributed by atoms with E-state index in [9.17, 15) is 31.9 Å². The van der Waals surface area contributed by atoms with Crippen LogP contribution in [0, 0.1) is 6.92 Å². The molecule has 0 bridgehead atoms. The number of nitrogens with zero attached hydrogens (tertiary/aromatic N) is 2. The van der Waals surface area contributed by atoms with E-state index in [1.807, 2.05) is 0 Å². The average molecular weight is 554 g/mol. The molecule has 0 saturated carbocycles. The Bertz CT molecular complexity index is 1090. The summed E-state index contributed by atoms with van der Waals surface area (Å²) in [4.78, 5) is 37.4. The number of halogens is 7. The normalized spacial score (nSPS) is 15.3. The molecule has 0 spiro atoms. The van der Waals surface area contributed by atoms with Crippen LogP contribution in [-0.4, -0.2) is 52.6 Å². The molecule has 5 nitrogen and oxygen atoms in total. The molecule has 35 heavy (non-hydrogen) atoms. The fraction of sp³-hybridized carbons (Fsp3) is 0.348. The molecule has 12 heteroatoms. The quantitative estimate of drug-likeness (QED) is 0.289. The van der Waals surface area contributed by atoms with Gasteiger partial charge in [0.1, 0.15) is 6.42 Å². The largest absolute Gasteiger partial charge is 0.333 e. The lowest BCUT2D eigenvalue weighted by atomic mass is 10.0. The number of hydrogen-bond acceptors (Lipinski definition) is 3. The van der Waals surface area contributed by atoms with E-state index in [0.29, 0.717) is 10.6 Å². The first-order valence-corrected chi connectivity index (χ1v) is 11.4. The SMILES string of the molecule is Cc1cc(CC(F)(F)CN2C(=O)CC(=O)N(CC(F)(F)Cc3ccc(Cl)c(Cl)c3)C2=O)ccc1Cl. The van der Waals surface area contributed by atoms with Crippen molar-refractivity contribution < 1.29 is 31.9 Å². The number of carbonyl (C=O) groups is 3. The molecule has 0 aromatic heterocycles. The number of carbonyl (C=O) groups excluding carboxylic acids is 3. The first kappa shape index (κ1) is 27.2. The maximum absolute atomic E-state index is 14.7. The molecule has 2 aromatic carbocycles. The van der Waals surface area contributed by atoms with Crippen LogP contribution in [0.4, 0.5) is 22.4 Å². The van der Waals surface area contributed by atoms with Gasteiger partial charge in [0.05, 0.1) is 23.1 Å². The van der Waals surface area contributed by atoms with Crippen molar-refractivity contribution in [1.29, 1.82) is 0 Å². The minimum absolute atomic E-state index is 0.0416. The van der Waals surface area contributed by atoms with E-state index in [0.717, 1.165) is 0 Å². The lowest BCUT2D eigenvalue weighted by Crippen LogP contribution is -2.60. The van der Waals surface area contributed by atoms with Gasteiger partial charge in [-0.3, -0.25) is 19.4 Å². The van der Waals surface area contributed by atoms with Gasteiger partial charge in [-0.25, -0.2) is 22.4 Å². The summed E-state index contributed by atoms with van der Waals surface area (Å²) in [6.45, 7) is -1.13. The van der Waals surface area contributed by atoms with Crippen LogP contribution >= 0.6 is 34.8 Å². The Kier molecular flexibility index (Phi) is 8.03. The molecule has 4 amide bonds. The topological polar surface area (TPSA) is 57.7 Å². The van der Waals surface area contributed by atoms with Gasteiger partial charge in [0.2, 0.25) is 11.8 Å². The Hall–Kier alpha value is -2.36. The molecule has 2 aromatic rings. The van der Waals surface area contributed by atoms with Gasteiger partial charge < -0.3 is 0 Å². The van der Waals surface area contributed by atoms with Gasteiger partial charge in [-0.15, -0.1) is 0 Å². The number of rotatable bonds is 8. The molecule has 1 fully saturated rings. The minimum Gasteiger partial charge on any atom is -0.274 e. The summed E-state index contributed by atoms with van der Waals surface area (Å²) in [6.07, 6.45) is -2.71. The zero-order chi connectivity index (χ0) is 26.1. The highest BCUT2D eigenvalue weighted by molar-refractivity contribution is 6.42. The lowest BCUT2D eigenvalue weighted by molar-refractivity contribution is -0.149. The smallest absolute Gasteiger partial charge is 0.274 e. The summed E-state index contributed by atoms with van der Waals surface area (Å²) in [7, 11) is 0. The summed E-state index contributed by atoms with van der Waals surface area (Å²) in [5, 5.41) is 0.582. The highest BCUT2D eigenvalue weighted by atomic mass is 35.5. The number of alkyl halides is 4. The number of hydrogen-bond donors (Lipinski definition) is 0. The number of amides is 4. The van der Waals surface area contributed by atoms with E-state index >= 15 is 0 Å². The fourth-order valence-electron chi connectivity index (χ4n) is 3.63. The van der Waals surface area contributed by atoms with E-state index in [1.54, 1.807) is 6.92 Å². The third-order valence-corrected chi connectivity index (χ3v) is 6.44.